The van der Waals surface area contributed by atoms with Gasteiger partial charge in [0.05, 0.1) is 1.37 Å². The largest absolute Gasteiger partial charge is 0.423 e. The normalized spacial score (nSPS) is 12.5. The van der Waals surface area contributed by atoms with E-state index >= 15 is 0 Å². The van der Waals surface area contributed by atoms with Gasteiger partial charge in [-0.2, -0.15) is 0 Å². The van der Waals surface area contributed by atoms with Crippen LogP contribution < -0.4 is 10.1 Å². The lowest BCUT2D eigenvalue weighted by molar-refractivity contribution is -0.136. The molecule has 0 aliphatic heterocycles. The third kappa shape index (κ3) is 3.23. The molecule has 116 valence electrons. The molecule has 23 heavy (non-hydrogen) atoms. The molecule has 0 aliphatic rings. The molecule has 1 aromatic heterocycles. The Balaban J connectivity index is 1.69. The predicted molar refractivity (Wildman–Crippen MR) is 87.3 cm³/mol. The second kappa shape index (κ2) is 6.36. The Hall–Kier alpha value is -3.08. The van der Waals surface area contributed by atoms with Gasteiger partial charge in [0.25, 0.3) is 5.91 Å². The third-order valence-corrected chi connectivity index (χ3v) is 3.42. The number of nitrogens with one attached hydrogen (secondary N) is 2. The van der Waals surface area contributed by atoms with Crippen LogP contribution in [0.5, 0.6) is 5.75 Å². The van der Waals surface area contributed by atoms with Crippen LogP contribution in [-0.4, -0.2) is 22.9 Å². The van der Waals surface area contributed by atoms with Crippen LogP contribution in [-0.2, 0) is 4.79 Å². The van der Waals surface area contributed by atoms with E-state index in [-0.39, 0.29) is 11.6 Å². The Morgan fingerprint density at radius 2 is 1.96 bits per heavy atom. The molecule has 1 amide bonds. The number of rotatable bonds is 4. The summed E-state index contributed by atoms with van der Waals surface area (Å²) >= 11 is 0. The molecule has 3 aromatic rings. The number of H-pyrrole nitrogens is 1. The summed E-state index contributed by atoms with van der Waals surface area (Å²) in [4.78, 5) is 27.4. The van der Waals surface area contributed by atoms with Crippen LogP contribution in [0.15, 0.2) is 60.8 Å². The lowest BCUT2D eigenvalue weighted by Gasteiger charge is -2.12. The first-order chi connectivity index (χ1) is 11.6. The molecule has 5 heteroatoms. The molecule has 0 aliphatic carbocycles. The van der Waals surface area contributed by atoms with E-state index < -0.39 is 17.9 Å². The Labute approximate surface area is 134 Å². The maximum atomic E-state index is 12.2. The molecule has 0 spiro atoms. The average Bonchev–Trinajstić information content (AvgIpc) is 2.98. The van der Waals surface area contributed by atoms with E-state index in [1.165, 1.54) is 12.1 Å². The number of esters is 1. The SMILES string of the molecule is [2H]c1ccccc1C(=O)N[C@@H](C)C(=O)Oc1c[nH]c2ccccc12. The van der Waals surface area contributed by atoms with Crippen molar-refractivity contribution in [3.8, 4) is 5.75 Å². The first kappa shape index (κ1) is 13.6. The van der Waals surface area contributed by atoms with Gasteiger partial charge in [0, 0.05) is 22.7 Å². The van der Waals surface area contributed by atoms with Crippen LogP contribution in [0, 0.1) is 0 Å². The van der Waals surface area contributed by atoms with Gasteiger partial charge >= 0.3 is 5.97 Å². The van der Waals surface area contributed by atoms with Gasteiger partial charge in [0.2, 0.25) is 0 Å². The summed E-state index contributed by atoms with van der Waals surface area (Å²) in [5.41, 5.74) is 1.07. The van der Waals surface area contributed by atoms with Gasteiger partial charge in [0.15, 0.2) is 5.75 Å². The van der Waals surface area contributed by atoms with Crippen LogP contribution in [0.25, 0.3) is 10.9 Å². The smallest absolute Gasteiger partial charge is 0.333 e. The summed E-state index contributed by atoms with van der Waals surface area (Å²) < 4.78 is 13.1. The number of para-hydroxylation sites is 1. The van der Waals surface area contributed by atoms with E-state index in [4.69, 9.17) is 6.11 Å². The van der Waals surface area contributed by atoms with Gasteiger partial charge in [-0.15, -0.1) is 0 Å². The Morgan fingerprint density at radius 1 is 1.17 bits per heavy atom. The number of hydrogen-bond donors (Lipinski definition) is 2. The van der Waals surface area contributed by atoms with E-state index in [0.29, 0.717) is 5.75 Å². The summed E-state index contributed by atoms with van der Waals surface area (Å²) in [6.45, 7) is 1.54. The number of benzene rings is 2. The summed E-state index contributed by atoms with van der Waals surface area (Å²) in [5.74, 6) is -0.642. The van der Waals surface area contributed by atoms with E-state index in [2.05, 4.69) is 10.3 Å². The van der Waals surface area contributed by atoms with Crippen molar-refractivity contribution >= 4 is 22.8 Å². The average molecular weight is 309 g/mol. The number of ether oxygens (including phenoxy) is 1. The number of hydrogen-bond acceptors (Lipinski definition) is 3. The van der Waals surface area contributed by atoms with E-state index in [9.17, 15) is 9.59 Å². The van der Waals surface area contributed by atoms with Crippen molar-refractivity contribution in [2.45, 2.75) is 13.0 Å². The van der Waals surface area contributed by atoms with Crippen molar-refractivity contribution in [2.24, 2.45) is 0 Å². The third-order valence-electron chi connectivity index (χ3n) is 3.42. The fraction of sp³-hybridized carbons (Fsp3) is 0.111. The lowest BCUT2D eigenvalue weighted by Crippen LogP contribution is -2.40. The van der Waals surface area contributed by atoms with E-state index in [0.717, 1.165) is 10.9 Å². The summed E-state index contributed by atoms with van der Waals surface area (Å²) in [5, 5.41) is 3.35. The molecule has 0 fully saturated rings. The highest BCUT2D eigenvalue weighted by Crippen LogP contribution is 2.25. The maximum Gasteiger partial charge on any atom is 0.333 e. The molecule has 1 atom stereocenters. The maximum absolute atomic E-state index is 12.2. The van der Waals surface area contributed by atoms with Gasteiger partial charge in [0.1, 0.15) is 6.04 Å². The molecule has 0 bridgehead atoms. The zero-order valence-electron chi connectivity index (χ0n) is 13.5. The number of carbonyl (C=O) groups is 2. The molecular formula is C18H16N2O3. The van der Waals surface area contributed by atoms with Crippen molar-refractivity contribution in [2.75, 3.05) is 0 Å². The lowest BCUT2D eigenvalue weighted by atomic mass is 10.2. The van der Waals surface area contributed by atoms with Crippen LogP contribution >= 0.6 is 0 Å². The van der Waals surface area contributed by atoms with E-state index in [1.807, 2.05) is 24.3 Å². The minimum atomic E-state index is -0.842. The van der Waals surface area contributed by atoms with Crippen molar-refractivity contribution in [1.29, 1.82) is 0 Å². The van der Waals surface area contributed by atoms with Crippen LogP contribution in [0.3, 0.4) is 0 Å². The first-order valence-corrected chi connectivity index (χ1v) is 7.20. The Morgan fingerprint density at radius 3 is 2.78 bits per heavy atom. The van der Waals surface area contributed by atoms with Gasteiger partial charge < -0.3 is 15.0 Å². The van der Waals surface area contributed by atoms with Gasteiger partial charge in [-0.3, -0.25) is 4.79 Å². The molecule has 2 aromatic carbocycles. The summed E-state index contributed by atoms with van der Waals surface area (Å²) in [7, 11) is 0. The molecular weight excluding hydrogens is 292 g/mol. The van der Waals surface area contributed by atoms with Crippen molar-refractivity contribution in [3.63, 3.8) is 0 Å². The molecule has 2 N–H and O–H groups in total. The number of amides is 1. The summed E-state index contributed by atoms with van der Waals surface area (Å²) in [6.07, 6.45) is 1.61. The minimum absolute atomic E-state index is 0.104. The molecule has 3 rings (SSSR count). The quantitative estimate of drug-likeness (QED) is 0.728. The van der Waals surface area contributed by atoms with Gasteiger partial charge in [-0.1, -0.05) is 30.3 Å². The number of aromatic amines is 1. The first-order valence-electron chi connectivity index (χ1n) is 7.70. The van der Waals surface area contributed by atoms with Crippen molar-refractivity contribution in [1.82, 2.24) is 10.3 Å². The van der Waals surface area contributed by atoms with Crippen LogP contribution in [0.2, 0.25) is 0 Å². The van der Waals surface area contributed by atoms with Crippen molar-refractivity contribution in [3.05, 3.63) is 66.3 Å². The highest BCUT2D eigenvalue weighted by Gasteiger charge is 2.19. The number of aromatic nitrogens is 1. The number of fused-ring (bicyclic) bond motifs is 1. The Bertz CT molecular complexity index is 904. The van der Waals surface area contributed by atoms with Gasteiger partial charge in [-0.05, 0) is 31.2 Å². The zero-order chi connectivity index (χ0) is 17.1. The van der Waals surface area contributed by atoms with E-state index in [1.54, 1.807) is 25.3 Å². The highest BCUT2D eigenvalue weighted by molar-refractivity contribution is 5.97. The monoisotopic (exact) mass is 309 g/mol. The molecule has 0 unspecified atom stereocenters. The minimum Gasteiger partial charge on any atom is -0.423 e. The second-order valence-electron chi connectivity index (χ2n) is 5.09. The molecule has 5 nitrogen and oxygen atoms in total. The molecule has 1 heterocycles. The molecule has 0 radical (unpaired) electrons. The van der Waals surface area contributed by atoms with Gasteiger partial charge in [-0.25, -0.2) is 4.79 Å². The summed E-state index contributed by atoms with van der Waals surface area (Å²) in [6, 6.07) is 13.1. The zero-order valence-corrected chi connectivity index (χ0v) is 12.5. The van der Waals surface area contributed by atoms with Crippen molar-refractivity contribution < 1.29 is 15.7 Å². The predicted octanol–water partition coefficient (Wildman–Crippen LogP) is 2.89. The molecule has 0 saturated heterocycles. The molecule has 0 saturated carbocycles. The highest BCUT2D eigenvalue weighted by atomic mass is 16.5. The van der Waals surface area contributed by atoms with Crippen LogP contribution in [0.4, 0.5) is 0 Å². The second-order valence-corrected chi connectivity index (χ2v) is 5.09. The Kier molecular flexibility index (Phi) is 3.75. The fourth-order valence-corrected chi connectivity index (χ4v) is 2.19. The fourth-order valence-electron chi connectivity index (χ4n) is 2.19. The topological polar surface area (TPSA) is 71.2 Å². The van der Waals surface area contributed by atoms with Crippen LogP contribution in [0.1, 0.15) is 18.7 Å². The number of carbonyl (C=O) groups excluding carboxylic acids is 2. The standard InChI is InChI=1S/C18H16N2O3/c1-12(20-17(21)13-7-3-2-4-8-13)18(22)23-16-11-19-15-10-6-5-9-14(15)16/h2-12,19H,1H3,(H,20,21)/t12-/m0/s1/i7D.